The Labute approximate surface area is 178 Å². The quantitative estimate of drug-likeness (QED) is 0.546. The molecule has 0 spiro atoms. The molecule has 0 aromatic heterocycles. The number of hydrogen-bond acceptors (Lipinski definition) is 4. The molecule has 2 saturated carbocycles. The Balaban J connectivity index is 1.35. The lowest BCUT2D eigenvalue weighted by Gasteiger charge is -2.50. The molecule has 4 heteroatoms. The zero-order valence-electron chi connectivity index (χ0n) is 17.6. The molecule has 0 aliphatic heterocycles. The molecule has 2 N–H and O–H groups in total. The molecular formula is C26H31NO3. The van der Waals surface area contributed by atoms with Crippen molar-refractivity contribution in [3.63, 3.8) is 0 Å². The monoisotopic (exact) mass is 405 g/mol. The zero-order valence-corrected chi connectivity index (χ0v) is 17.6. The van der Waals surface area contributed by atoms with E-state index in [1.165, 1.54) is 11.1 Å². The molecule has 158 valence electrons. The molecule has 3 aliphatic rings. The van der Waals surface area contributed by atoms with Crippen LogP contribution >= 0.6 is 0 Å². The van der Waals surface area contributed by atoms with Crippen LogP contribution in [0.3, 0.4) is 0 Å². The van der Waals surface area contributed by atoms with Gasteiger partial charge in [-0.05, 0) is 90.5 Å². The fourth-order valence-corrected chi connectivity index (χ4v) is 6.48. The van der Waals surface area contributed by atoms with Crippen molar-refractivity contribution >= 4 is 6.21 Å². The predicted octanol–water partition coefficient (Wildman–Crippen LogP) is 5.16. The highest BCUT2D eigenvalue weighted by Crippen LogP contribution is 2.61. The molecule has 0 radical (unpaired) electrons. The Morgan fingerprint density at radius 2 is 1.97 bits per heavy atom. The van der Waals surface area contributed by atoms with Crippen LogP contribution in [0.5, 0.6) is 5.75 Å². The van der Waals surface area contributed by atoms with Crippen LogP contribution in [0.25, 0.3) is 0 Å². The summed E-state index contributed by atoms with van der Waals surface area (Å²) in [6.45, 7) is 2.72. The van der Waals surface area contributed by atoms with Crippen molar-refractivity contribution in [2.45, 2.75) is 64.1 Å². The van der Waals surface area contributed by atoms with Gasteiger partial charge in [0.15, 0.2) is 0 Å². The normalized spacial score (nSPS) is 32.5. The van der Waals surface area contributed by atoms with E-state index in [4.69, 9.17) is 4.84 Å². The van der Waals surface area contributed by atoms with Gasteiger partial charge in [0.05, 0.1) is 12.3 Å². The Morgan fingerprint density at radius 3 is 2.80 bits per heavy atom. The summed E-state index contributed by atoms with van der Waals surface area (Å²) in [6.07, 6.45) is 7.96. The van der Waals surface area contributed by atoms with Gasteiger partial charge < -0.3 is 15.1 Å². The number of benzene rings is 2. The molecule has 0 saturated heterocycles. The second-order valence-electron chi connectivity index (χ2n) is 9.66. The number of nitrogens with zero attached hydrogens (tertiary/aromatic N) is 1. The molecule has 30 heavy (non-hydrogen) atoms. The molecule has 0 bridgehead atoms. The maximum atomic E-state index is 10.6. The first-order valence-electron chi connectivity index (χ1n) is 11.3. The van der Waals surface area contributed by atoms with Gasteiger partial charge in [-0.1, -0.05) is 42.4 Å². The van der Waals surface area contributed by atoms with E-state index in [0.717, 1.165) is 49.7 Å². The standard InChI is InChI=1S/C26H31NO3/c1-26-12-11-20-21(23(26)9-10-25(26)29)8-7-18-14-24(28)19(13-22(18)20)15-27-30-16-17-5-3-2-4-6-17/h2-6,13-15,20-21,23,25,28-29H,7-12,16H2,1H3/t20-,21+,23-,25?,26-/m0/s1. The lowest BCUT2D eigenvalue weighted by molar-refractivity contribution is -0.0226. The number of aliphatic hydroxyl groups excluding tert-OH is 1. The number of aryl methyl sites for hydroxylation is 1. The number of oxime groups is 1. The highest BCUT2D eigenvalue weighted by atomic mass is 16.6. The lowest BCUT2D eigenvalue weighted by Crippen LogP contribution is -2.43. The summed E-state index contributed by atoms with van der Waals surface area (Å²) in [7, 11) is 0. The van der Waals surface area contributed by atoms with E-state index in [-0.39, 0.29) is 17.3 Å². The molecule has 2 aromatic carbocycles. The maximum Gasteiger partial charge on any atom is 0.142 e. The fraction of sp³-hybridized carbons (Fsp3) is 0.500. The largest absolute Gasteiger partial charge is 0.507 e. The number of aliphatic hydroxyl groups is 1. The highest BCUT2D eigenvalue weighted by molar-refractivity contribution is 5.83. The summed E-state index contributed by atoms with van der Waals surface area (Å²) in [4.78, 5) is 5.44. The van der Waals surface area contributed by atoms with Gasteiger partial charge in [0, 0.05) is 5.56 Å². The van der Waals surface area contributed by atoms with Crippen molar-refractivity contribution in [2.24, 2.45) is 22.4 Å². The first-order valence-corrected chi connectivity index (χ1v) is 11.3. The molecule has 0 amide bonds. The predicted molar refractivity (Wildman–Crippen MR) is 118 cm³/mol. The van der Waals surface area contributed by atoms with Gasteiger partial charge in [-0.3, -0.25) is 0 Å². The van der Waals surface area contributed by atoms with E-state index in [1.54, 1.807) is 6.21 Å². The molecule has 4 nitrogen and oxygen atoms in total. The van der Waals surface area contributed by atoms with E-state index < -0.39 is 0 Å². The van der Waals surface area contributed by atoms with Crippen LogP contribution in [0.15, 0.2) is 47.6 Å². The summed E-state index contributed by atoms with van der Waals surface area (Å²) in [5.74, 6) is 2.04. The maximum absolute atomic E-state index is 10.6. The van der Waals surface area contributed by atoms with Gasteiger partial charge in [-0.2, -0.15) is 0 Å². The molecular weight excluding hydrogens is 374 g/mol. The molecule has 2 fully saturated rings. The van der Waals surface area contributed by atoms with E-state index in [1.807, 2.05) is 36.4 Å². The molecule has 1 unspecified atom stereocenters. The molecule has 5 atom stereocenters. The fourth-order valence-electron chi connectivity index (χ4n) is 6.48. The van der Waals surface area contributed by atoms with E-state index in [9.17, 15) is 10.2 Å². The minimum Gasteiger partial charge on any atom is -0.507 e. The van der Waals surface area contributed by atoms with Crippen LogP contribution in [-0.2, 0) is 17.9 Å². The number of fused-ring (bicyclic) bond motifs is 5. The summed E-state index contributed by atoms with van der Waals surface area (Å²) >= 11 is 0. The van der Waals surface area contributed by atoms with Crippen molar-refractivity contribution in [3.05, 3.63) is 64.7 Å². The smallest absolute Gasteiger partial charge is 0.142 e. The highest BCUT2D eigenvalue weighted by Gasteiger charge is 2.54. The summed E-state index contributed by atoms with van der Waals surface area (Å²) in [6, 6.07) is 14.0. The van der Waals surface area contributed by atoms with Crippen molar-refractivity contribution < 1.29 is 15.1 Å². The average Bonchev–Trinajstić information content (AvgIpc) is 3.06. The third-order valence-electron chi connectivity index (χ3n) is 8.16. The van der Waals surface area contributed by atoms with E-state index in [2.05, 4.69) is 18.1 Å². The number of phenolic OH excluding ortho intramolecular Hbond substituents is 1. The minimum absolute atomic E-state index is 0.0884. The molecule has 0 heterocycles. The van der Waals surface area contributed by atoms with Crippen LogP contribution in [-0.4, -0.2) is 22.5 Å². The Kier molecular flexibility index (Phi) is 5.06. The minimum atomic E-state index is -0.144. The third-order valence-corrected chi connectivity index (χ3v) is 8.16. The third kappa shape index (κ3) is 3.31. The second kappa shape index (κ2) is 7.73. The first kappa shape index (κ1) is 19.6. The van der Waals surface area contributed by atoms with Crippen LogP contribution < -0.4 is 0 Å². The summed E-state index contributed by atoms with van der Waals surface area (Å²) in [5, 5.41) is 25.2. The summed E-state index contributed by atoms with van der Waals surface area (Å²) < 4.78 is 0. The number of phenols is 1. The van der Waals surface area contributed by atoms with Crippen molar-refractivity contribution in [1.29, 1.82) is 0 Å². The Morgan fingerprint density at radius 1 is 1.13 bits per heavy atom. The van der Waals surface area contributed by atoms with Gasteiger partial charge in [-0.15, -0.1) is 0 Å². The number of hydrogen-bond donors (Lipinski definition) is 2. The van der Waals surface area contributed by atoms with Gasteiger partial charge in [0.2, 0.25) is 0 Å². The first-order chi connectivity index (χ1) is 14.6. The average molecular weight is 406 g/mol. The lowest BCUT2D eigenvalue weighted by atomic mass is 9.55. The molecule has 2 aromatic rings. The van der Waals surface area contributed by atoms with Crippen LogP contribution in [0.2, 0.25) is 0 Å². The van der Waals surface area contributed by atoms with Crippen molar-refractivity contribution in [2.75, 3.05) is 0 Å². The van der Waals surface area contributed by atoms with E-state index in [0.29, 0.717) is 24.4 Å². The number of aromatic hydroxyl groups is 1. The van der Waals surface area contributed by atoms with Crippen LogP contribution in [0, 0.1) is 17.3 Å². The van der Waals surface area contributed by atoms with Gasteiger partial charge in [0.25, 0.3) is 0 Å². The van der Waals surface area contributed by atoms with Crippen LogP contribution in [0.1, 0.15) is 67.2 Å². The van der Waals surface area contributed by atoms with Gasteiger partial charge in [-0.25, -0.2) is 0 Å². The van der Waals surface area contributed by atoms with Crippen molar-refractivity contribution in [1.82, 2.24) is 0 Å². The Bertz CT molecular complexity index is 941. The van der Waals surface area contributed by atoms with Crippen molar-refractivity contribution in [3.8, 4) is 5.75 Å². The SMILES string of the molecule is C[C@]12CC[C@@H]3c4cc(C=NOCc5ccccc5)c(O)cc4CC[C@H]3[C@@H]1CCC2O. The van der Waals surface area contributed by atoms with Crippen LogP contribution in [0.4, 0.5) is 0 Å². The summed E-state index contributed by atoms with van der Waals surface area (Å²) in [5.41, 5.74) is 4.53. The molecule has 5 rings (SSSR count). The van der Waals surface area contributed by atoms with E-state index >= 15 is 0 Å². The van der Waals surface area contributed by atoms with Gasteiger partial charge in [0.1, 0.15) is 12.4 Å². The van der Waals surface area contributed by atoms with Gasteiger partial charge >= 0.3 is 0 Å². The Hall–Kier alpha value is -2.33. The second-order valence-corrected chi connectivity index (χ2v) is 9.66. The molecule has 3 aliphatic carbocycles. The number of rotatable bonds is 4. The topological polar surface area (TPSA) is 62.0 Å². The zero-order chi connectivity index (χ0) is 20.7.